The van der Waals surface area contributed by atoms with Crippen LogP contribution >= 0.6 is 11.6 Å². The second-order valence-electron chi connectivity index (χ2n) is 4.10. The van der Waals surface area contributed by atoms with Gasteiger partial charge in [-0.15, -0.1) is 16.7 Å². The van der Waals surface area contributed by atoms with Gasteiger partial charge in [0.15, 0.2) is 0 Å². The van der Waals surface area contributed by atoms with Crippen LogP contribution in [-0.2, 0) is 17.2 Å². The molecule has 0 radical (unpaired) electrons. The SMILES string of the molecule is CCOCCCn1nnc(CCl)c1C1CC1. The van der Waals surface area contributed by atoms with Crippen molar-refractivity contribution in [3.63, 3.8) is 0 Å². The van der Waals surface area contributed by atoms with Crippen molar-refractivity contribution in [1.29, 1.82) is 0 Å². The van der Waals surface area contributed by atoms with Gasteiger partial charge in [-0.1, -0.05) is 5.21 Å². The molecule has 0 N–H and O–H groups in total. The largest absolute Gasteiger partial charge is 0.382 e. The Morgan fingerprint density at radius 2 is 2.31 bits per heavy atom. The van der Waals surface area contributed by atoms with E-state index < -0.39 is 0 Å². The summed E-state index contributed by atoms with van der Waals surface area (Å²) in [4.78, 5) is 0. The standard InChI is InChI=1S/C11H18ClN3O/c1-2-16-7-3-6-15-11(9-4-5-9)10(8-12)13-14-15/h9H,2-8H2,1H3. The smallest absolute Gasteiger partial charge is 0.101 e. The normalized spacial score (nSPS) is 15.6. The number of aryl methyl sites for hydroxylation is 1. The van der Waals surface area contributed by atoms with Crippen LogP contribution in [0.15, 0.2) is 0 Å². The van der Waals surface area contributed by atoms with Gasteiger partial charge in [0.1, 0.15) is 5.69 Å². The molecule has 1 heterocycles. The Balaban J connectivity index is 1.94. The average Bonchev–Trinajstić information content (AvgIpc) is 3.06. The lowest BCUT2D eigenvalue weighted by atomic mass is 10.2. The van der Waals surface area contributed by atoms with Crippen LogP contribution in [0.4, 0.5) is 0 Å². The highest BCUT2D eigenvalue weighted by Crippen LogP contribution is 2.41. The van der Waals surface area contributed by atoms with Gasteiger partial charge in [-0.2, -0.15) is 0 Å². The number of halogens is 1. The number of nitrogens with zero attached hydrogens (tertiary/aromatic N) is 3. The number of hydrogen-bond donors (Lipinski definition) is 0. The van der Waals surface area contributed by atoms with E-state index in [-0.39, 0.29) is 0 Å². The minimum Gasteiger partial charge on any atom is -0.382 e. The van der Waals surface area contributed by atoms with Crippen molar-refractivity contribution < 1.29 is 4.74 Å². The molecule has 16 heavy (non-hydrogen) atoms. The molecule has 1 saturated carbocycles. The Hall–Kier alpha value is -0.610. The fourth-order valence-electron chi connectivity index (χ4n) is 1.88. The Bertz CT molecular complexity index is 336. The Morgan fingerprint density at radius 1 is 1.50 bits per heavy atom. The first-order chi connectivity index (χ1) is 7.86. The molecule has 1 fully saturated rings. The van der Waals surface area contributed by atoms with Crippen LogP contribution in [0.5, 0.6) is 0 Å². The summed E-state index contributed by atoms with van der Waals surface area (Å²) in [5.41, 5.74) is 2.21. The molecule has 5 heteroatoms. The second kappa shape index (κ2) is 5.64. The maximum absolute atomic E-state index is 5.86. The topological polar surface area (TPSA) is 39.9 Å². The molecule has 0 atom stereocenters. The van der Waals surface area contributed by atoms with Crippen molar-refractivity contribution in [2.75, 3.05) is 13.2 Å². The number of alkyl halides is 1. The maximum Gasteiger partial charge on any atom is 0.101 e. The van der Waals surface area contributed by atoms with Crippen LogP contribution in [0.2, 0.25) is 0 Å². The summed E-state index contributed by atoms with van der Waals surface area (Å²) in [6.45, 7) is 4.46. The summed E-state index contributed by atoms with van der Waals surface area (Å²) >= 11 is 5.86. The van der Waals surface area contributed by atoms with E-state index in [0.717, 1.165) is 31.9 Å². The van der Waals surface area contributed by atoms with Crippen LogP contribution in [-0.4, -0.2) is 28.2 Å². The molecule has 0 unspecified atom stereocenters. The van der Waals surface area contributed by atoms with Crippen molar-refractivity contribution in [1.82, 2.24) is 15.0 Å². The Kier molecular flexibility index (Phi) is 4.18. The number of ether oxygens (including phenoxy) is 1. The maximum atomic E-state index is 5.86. The molecule has 0 spiro atoms. The summed E-state index contributed by atoms with van der Waals surface area (Å²) in [7, 11) is 0. The van der Waals surface area contributed by atoms with E-state index in [9.17, 15) is 0 Å². The van der Waals surface area contributed by atoms with E-state index in [0.29, 0.717) is 11.8 Å². The third kappa shape index (κ3) is 2.74. The molecule has 2 rings (SSSR count). The van der Waals surface area contributed by atoms with E-state index >= 15 is 0 Å². The predicted molar refractivity (Wildman–Crippen MR) is 62.7 cm³/mol. The van der Waals surface area contributed by atoms with Crippen molar-refractivity contribution in [2.45, 2.75) is 44.5 Å². The summed E-state index contributed by atoms with van der Waals surface area (Å²) in [6, 6.07) is 0. The summed E-state index contributed by atoms with van der Waals surface area (Å²) in [5.74, 6) is 1.12. The van der Waals surface area contributed by atoms with Gasteiger partial charge >= 0.3 is 0 Å². The number of hydrogen-bond acceptors (Lipinski definition) is 3. The summed E-state index contributed by atoms with van der Waals surface area (Å²) in [5, 5.41) is 8.31. The highest BCUT2D eigenvalue weighted by atomic mass is 35.5. The van der Waals surface area contributed by atoms with Gasteiger partial charge in [0.05, 0.1) is 11.6 Å². The van der Waals surface area contributed by atoms with Gasteiger partial charge < -0.3 is 4.74 Å². The van der Waals surface area contributed by atoms with Gasteiger partial charge in [-0.05, 0) is 26.2 Å². The van der Waals surface area contributed by atoms with Crippen LogP contribution in [0.3, 0.4) is 0 Å². The molecular weight excluding hydrogens is 226 g/mol. The first-order valence-electron chi connectivity index (χ1n) is 5.92. The molecule has 1 aliphatic carbocycles. The Labute approximate surface area is 101 Å². The molecule has 1 aliphatic rings. The first kappa shape index (κ1) is 11.9. The molecule has 1 aromatic rings. The molecule has 0 aromatic carbocycles. The number of aromatic nitrogens is 3. The van der Waals surface area contributed by atoms with Gasteiger partial charge in [0.25, 0.3) is 0 Å². The predicted octanol–water partition coefficient (Wildman–Crippen LogP) is 2.32. The van der Waals surface area contributed by atoms with Crippen molar-refractivity contribution >= 4 is 11.6 Å². The van der Waals surface area contributed by atoms with Crippen LogP contribution in [0.25, 0.3) is 0 Å². The minimum absolute atomic E-state index is 0.470. The summed E-state index contributed by atoms with van der Waals surface area (Å²) in [6.07, 6.45) is 3.49. The third-order valence-corrected chi connectivity index (χ3v) is 3.05. The highest BCUT2D eigenvalue weighted by molar-refractivity contribution is 6.16. The van der Waals surface area contributed by atoms with Gasteiger partial charge in [0.2, 0.25) is 0 Å². The van der Waals surface area contributed by atoms with Crippen LogP contribution in [0, 0.1) is 0 Å². The van der Waals surface area contributed by atoms with E-state index in [2.05, 4.69) is 10.3 Å². The molecular formula is C11H18ClN3O. The molecule has 1 aromatic heterocycles. The van der Waals surface area contributed by atoms with Crippen molar-refractivity contribution in [3.8, 4) is 0 Å². The van der Waals surface area contributed by atoms with Crippen molar-refractivity contribution in [3.05, 3.63) is 11.4 Å². The average molecular weight is 244 g/mol. The quantitative estimate of drug-likeness (QED) is 0.545. The molecule has 0 aliphatic heterocycles. The van der Waals surface area contributed by atoms with Crippen LogP contribution < -0.4 is 0 Å². The second-order valence-corrected chi connectivity index (χ2v) is 4.37. The molecule has 0 saturated heterocycles. The van der Waals surface area contributed by atoms with Crippen LogP contribution in [0.1, 0.15) is 43.5 Å². The van der Waals surface area contributed by atoms with Crippen molar-refractivity contribution in [2.24, 2.45) is 0 Å². The monoisotopic (exact) mass is 243 g/mol. The van der Waals surface area contributed by atoms with E-state index in [1.807, 2.05) is 11.6 Å². The molecule has 90 valence electrons. The fourth-order valence-corrected chi connectivity index (χ4v) is 2.07. The van der Waals surface area contributed by atoms with Gasteiger partial charge in [0, 0.05) is 25.7 Å². The highest BCUT2D eigenvalue weighted by Gasteiger charge is 2.30. The van der Waals surface area contributed by atoms with E-state index in [4.69, 9.17) is 16.3 Å². The van der Waals surface area contributed by atoms with Gasteiger partial charge in [-0.25, -0.2) is 4.68 Å². The molecule has 0 amide bonds. The Morgan fingerprint density at radius 3 is 2.94 bits per heavy atom. The zero-order chi connectivity index (χ0) is 11.4. The minimum atomic E-state index is 0.470. The number of rotatable bonds is 7. The molecule has 4 nitrogen and oxygen atoms in total. The lowest BCUT2D eigenvalue weighted by Crippen LogP contribution is -2.08. The lowest BCUT2D eigenvalue weighted by molar-refractivity contribution is 0.140. The first-order valence-corrected chi connectivity index (χ1v) is 6.46. The zero-order valence-corrected chi connectivity index (χ0v) is 10.4. The summed E-state index contributed by atoms with van der Waals surface area (Å²) < 4.78 is 7.33. The van der Waals surface area contributed by atoms with E-state index in [1.54, 1.807) is 0 Å². The fraction of sp³-hybridized carbons (Fsp3) is 0.818. The lowest BCUT2D eigenvalue weighted by Gasteiger charge is -2.06. The van der Waals surface area contributed by atoms with E-state index in [1.165, 1.54) is 18.5 Å². The zero-order valence-electron chi connectivity index (χ0n) is 9.65. The third-order valence-electron chi connectivity index (χ3n) is 2.80. The van der Waals surface area contributed by atoms with Gasteiger partial charge in [-0.3, -0.25) is 0 Å². The molecule has 0 bridgehead atoms.